The molecule has 1 aliphatic heterocycles. The highest BCUT2D eigenvalue weighted by Gasteiger charge is 2.31. The van der Waals surface area contributed by atoms with Crippen LogP contribution in [-0.2, 0) is 14.3 Å². The van der Waals surface area contributed by atoms with E-state index in [1.807, 2.05) is 31.2 Å². The Bertz CT molecular complexity index is 1170. The minimum atomic E-state index is -3.94. The molecule has 0 spiro atoms. The van der Waals surface area contributed by atoms with Crippen molar-refractivity contribution in [3.8, 4) is 28.4 Å². The standard InChI is InChI=1S/C22H19ClO6S/c1-14-7-9-16(10-8-14)30(24,25)27-13-21-28-20-12-15(23)11-18(22(20)29-21)17-5-3-4-6-19(17)26-2/h3-12,21H,13H2,1-2H3. The van der Waals surface area contributed by atoms with E-state index in [0.29, 0.717) is 27.8 Å². The number of halogens is 1. The summed E-state index contributed by atoms with van der Waals surface area (Å²) in [5.74, 6) is 1.50. The van der Waals surface area contributed by atoms with Gasteiger partial charge in [0.05, 0.1) is 12.0 Å². The summed E-state index contributed by atoms with van der Waals surface area (Å²) in [6.45, 7) is 1.56. The van der Waals surface area contributed by atoms with Crippen LogP contribution in [0.1, 0.15) is 5.56 Å². The molecule has 0 aliphatic carbocycles. The van der Waals surface area contributed by atoms with Gasteiger partial charge in [-0.15, -0.1) is 0 Å². The van der Waals surface area contributed by atoms with Crippen LogP contribution in [0, 0.1) is 6.92 Å². The molecule has 8 heteroatoms. The molecule has 0 fully saturated rings. The number of aryl methyl sites for hydroxylation is 1. The monoisotopic (exact) mass is 446 g/mol. The molecule has 0 saturated carbocycles. The lowest BCUT2D eigenvalue weighted by Gasteiger charge is -2.13. The number of fused-ring (bicyclic) bond motifs is 1. The molecule has 30 heavy (non-hydrogen) atoms. The van der Waals surface area contributed by atoms with Gasteiger partial charge in [0.25, 0.3) is 16.4 Å². The number of hydrogen-bond donors (Lipinski definition) is 0. The highest BCUT2D eigenvalue weighted by atomic mass is 35.5. The zero-order valence-electron chi connectivity index (χ0n) is 16.3. The van der Waals surface area contributed by atoms with Crippen LogP contribution in [0.5, 0.6) is 17.2 Å². The Morgan fingerprint density at radius 3 is 2.47 bits per heavy atom. The van der Waals surface area contributed by atoms with Gasteiger partial charge in [-0.2, -0.15) is 8.42 Å². The van der Waals surface area contributed by atoms with Gasteiger partial charge in [-0.05, 0) is 31.2 Å². The Hall–Kier alpha value is -2.74. The topological polar surface area (TPSA) is 71.1 Å². The van der Waals surface area contributed by atoms with Crippen molar-refractivity contribution in [2.75, 3.05) is 13.7 Å². The molecule has 1 unspecified atom stereocenters. The first kappa shape index (κ1) is 20.5. The molecule has 1 atom stereocenters. The van der Waals surface area contributed by atoms with Crippen LogP contribution in [0.4, 0.5) is 0 Å². The lowest BCUT2D eigenvalue weighted by atomic mass is 10.0. The van der Waals surface area contributed by atoms with Crippen molar-refractivity contribution in [2.24, 2.45) is 0 Å². The SMILES string of the molecule is COc1ccccc1-c1cc(Cl)cc2c1OC(COS(=O)(=O)c1ccc(C)cc1)O2. The first-order chi connectivity index (χ1) is 14.4. The highest BCUT2D eigenvalue weighted by Crippen LogP contribution is 2.47. The first-order valence-corrected chi connectivity index (χ1v) is 10.9. The number of benzene rings is 3. The minimum Gasteiger partial charge on any atom is -0.496 e. The molecule has 3 aromatic rings. The van der Waals surface area contributed by atoms with Crippen molar-refractivity contribution in [1.82, 2.24) is 0 Å². The van der Waals surface area contributed by atoms with Crippen LogP contribution in [0.3, 0.4) is 0 Å². The molecular weight excluding hydrogens is 428 g/mol. The average Bonchev–Trinajstić information content (AvgIpc) is 3.15. The molecule has 0 amide bonds. The molecule has 1 aliphatic rings. The number of para-hydroxylation sites is 1. The maximum Gasteiger partial charge on any atom is 0.297 e. The van der Waals surface area contributed by atoms with Gasteiger partial charge < -0.3 is 14.2 Å². The lowest BCUT2D eigenvalue weighted by molar-refractivity contribution is 0.00992. The van der Waals surface area contributed by atoms with Crippen molar-refractivity contribution >= 4 is 21.7 Å². The van der Waals surface area contributed by atoms with Crippen molar-refractivity contribution in [3.05, 3.63) is 71.2 Å². The molecule has 0 radical (unpaired) electrons. The van der Waals surface area contributed by atoms with E-state index in [-0.39, 0.29) is 11.5 Å². The molecule has 0 bridgehead atoms. The third kappa shape index (κ3) is 4.09. The molecular formula is C22H19ClO6S. The predicted molar refractivity (Wildman–Crippen MR) is 113 cm³/mol. The fourth-order valence-corrected chi connectivity index (χ4v) is 4.23. The number of hydrogen-bond acceptors (Lipinski definition) is 6. The summed E-state index contributed by atoms with van der Waals surface area (Å²) >= 11 is 6.26. The predicted octanol–water partition coefficient (Wildman–Crippen LogP) is 4.83. The third-order valence-corrected chi connectivity index (χ3v) is 6.11. The molecule has 1 heterocycles. The molecule has 4 rings (SSSR count). The summed E-state index contributed by atoms with van der Waals surface area (Å²) in [6.07, 6.45) is -0.938. The molecule has 156 valence electrons. The Kier molecular flexibility index (Phi) is 5.60. The highest BCUT2D eigenvalue weighted by molar-refractivity contribution is 7.86. The zero-order chi connectivity index (χ0) is 21.3. The van der Waals surface area contributed by atoms with E-state index < -0.39 is 16.4 Å². The quantitative estimate of drug-likeness (QED) is 0.505. The van der Waals surface area contributed by atoms with E-state index in [2.05, 4.69) is 0 Å². The second kappa shape index (κ2) is 8.18. The lowest BCUT2D eigenvalue weighted by Crippen LogP contribution is -2.26. The number of ether oxygens (including phenoxy) is 3. The maximum absolute atomic E-state index is 12.4. The summed E-state index contributed by atoms with van der Waals surface area (Å²) in [7, 11) is -2.36. The van der Waals surface area contributed by atoms with Gasteiger partial charge in [0.2, 0.25) is 0 Å². The molecule has 0 saturated heterocycles. The molecule has 0 N–H and O–H groups in total. The van der Waals surface area contributed by atoms with Crippen LogP contribution in [-0.4, -0.2) is 28.4 Å². The Labute approximate surface area is 180 Å². The van der Waals surface area contributed by atoms with Gasteiger partial charge in [0.15, 0.2) is 11.5 Å². The van der Waals surface area contributed by atoms with Crippen LogP contribution < -0.4 is 14.2 Å². The van der Waals surface area contributed by atoms with Gasteiger partial charge in [0, 0.05) is 22.2 Å². The normalized spacial score (nSPS) is 15.2. The second-order valence-electron chi connectivity index (χ2n) is 6.70. The van der Waals surface area contributed by atoms with E-state index in [1.54, 1.807) is 31.4 Å². The molecule has 6 nitrogen and oxygen atoms in total. The van der Waals surface area contributed by atoms with Crippen molar-refractivity contribution < 1.29 is 26.8 Å². The smallest absolute Gasteiger partial charge is 0.297 e. The van der Waals surface area contributed by atoms with Gasteiger partial charge in [-0.3, -0.25) is 4.18 Å². The van der Waals surface area contributed by atoms with Crippen LogP contribution >= 0.6 is 11.6 Å². The third-order valence-electron chi connectivity index (χ3n) is 4.59. The van der Waals surface area contributed by atoms with E-state index in [4.69, 9.17) is 30.0 Å². The van der Waals surface area contributed by atoms with E-state index >= 15 is 0 Å². The van der Waals surface area contributed by atoms with Crippen LogP contribution in [0.2, 0.25) is 5.02 Å². The Balaban J connectivity index is 1.56. The first-order valence-electron chi connectivity index (χ1n) is 9.14. The summed E-state index contributed by atoms with van der Waals surface area (Å²) in [4.78, 5) is 0.0707. The molecule has 3 aromatic carbocycles. The summed E-state index contributed by atoms with van der Waals surface area (Å²) in [5, 5.41) is 0.451. The van der Waals surface area contributed by atoms with Gasteiger partial charge in [-0.25, -0.2) is 0 Å². The maximum atomic E-state index is 12.4. The van der Waals surface area contributed by atoms with Crippen LogP contribution in [0.15, 0.2) is 65.6 Å². The fraction of sp³-hybridized carbons (Fsp3) is 0.182. The summed E-state index contributed by atoms with van der Waals surface area (Å²) in [5.41, 5.74) is 2.41. The van der Waals surface area contributed by atoms with Crippen molar-refractivity contribution in [1.29, 1.82) is 0 Å². The minimum absolute atomic E-state index is 0.0707. The van der Waals surface area contributed by atoms with Gasteiger partial charge in [0.1, 0.15) is 12.4 Å². The molecule has 0 aromatic heterocycles. The summed E-state index contributed by atoms with van der Waals surface area (Å²) < 4.78 is 47.1. The zero-order valence-corrected chi connectivity index (χ0v) is 17.9. The fourth-order valence-electron chi connectivity index (χ4n) is 3.13. The van der Waals surface area contributed by atoms with Crippen LogP contribution in [0.25, 0.3) is 11.1 Å². The van der Waals surface area contributed by atoms with E-state index in [9.17, 15) is 8.42 Å². The van der Waals surface area contributed by atoms with Crippen molar-refractivity contribution in [2.45, 2.75) is 18.1 Å². The van der Waals surface area contributed by atoms with E-state index in [1.165, 1.54) is 12.1 Å². The second-order valence-corrected chi connectivity index (χ2v) is 8.75. The Morgan fingerprint density at radius 2 is 1.73 bits per heavy atom. The number of methoxy groups -OCH3 is 1. The van der Waals surface area contributed by atoms with Gasteiger partial charge in [-0.1, -0.05) is 47.5 Å². The van der Waals surface area contributed by atoms with Crippen molar-refractivity contribution in [3.63, 3.8) is 0 Å². The Morgan fingerprint density at radius 1 is 1.00 bits per heavy atom. The number of rotatable bonds is 6. The van der Waals surface area contributed by atoms with Gasteiger partial charge >= 0.3 is 0 Å². The van der Waals surface area contributed by atoms with E-state index in [0.717, 1.165) is 11.1 Å². The largest absolute Gasteiger partial charge is 0.496 e. The average molecular weight is 447 g/mol. The summed E-state index contributed by atoms with van der Waals surface area (Å²) in [6, 6.07) is 17.2.